The maximum Gasteiger partial charge on any atom is 0.255 e. The molecule has 0 saturated carbocycles. The van der Waals surface area contributed by atoms with Crippen molar-refractivity contribution in [3.63, 3.8) is 0 Å². The lowest BCUT2D eigenvalue weighted by molar-refractivity contribution is 0.102. The van der Waals surface area contributed by atoms with E-state index in [1.165, 1.54) is 0 Å². The highest BCUT2D eigenvalue weighted by Gasteiger charge is 2.18. The summed E-state index contributed by atoms with van der Waals surface area (Å²) in [6.07, 6.45) is 0. The van der Waals surface area contributed by atoms with Crippen LogP contribution in [0.5, 0.6) is 11.5 Å². The average molecular weight is 355 g/mol. The maximum atomic E-state index is 12.8. The van der Waals surface area contributed by atoms with Crippen LogP contribution in [0.15, 0.2) is 42.5 Å². The molecule has 3 rings (SSSR count). The van der Waals surface area contributed by atoms with E-state index in [0.29, 0.717) is 17.1 Å². The van der Waals surface area contributed by atoms with E-state index in [4.69, 9.17) is 9.47 Å². The van der Waals surface area contributed by atoms with Crippen LogP contribution < -0.4 is 19.7 Å². The van der Waals surface area contributed by atoms with E-state index in [1.807, 2.05) is 24.3 Å². The second-order valence-electron chi connectivity index (χ2n) is 6.36. The molecule has 0 atom stereocenters. The molecule has 26 heavy (non-hydrogen) atoms. The maximum absolute atomic E-state index is 12.8. The second-order valence-corrected chi connectivity index (χ2v) is 6.36. The number of carbonyl (C=O) groups is 1. The minimum absolute atomic E-state index is 0.191. The van der Waals surface area contributed by atoms with Gasteiger partial charge in [-0.05, 0) is 31.3 Å². The molecule has 1 aliphatic rings. The molecule has 6 heteroatoms. The number of rotatable bonds is 5. The van der Waals surface area contributed by atoms with Gasteiger partial charge in [0.2, 0.25) is 0 Å². The molecule has 1 heterocycles. The Bertz CT molecular complexity index is 748. The molecule has 1 fully saturated rings. The Morgan fingerprint density at radius 2 is 1.58 bits per heavy atom. The van der Waals surface area contributed by atoms with E-state index in [1.54, 1.807) is 32.4 Å². The minimum atomic E-state index is -0.191. The van der Waals surface area contributed by atoms with Gasteiger partial charge in [-0.25, -0.2) is 0 Å². The van der Waals surface area contributed by atoms with Gasteiger partial charge >= 0.3 is 0 Å². The van der Waals surface area contributed by atoms with Crippen molar-refractivity contribution in [2.75, 3.05) is 57.7 Å². The van der Waals surface area contributed by atoms with E-state index in [-0.39, 0.29) is 5.91 Å². The van der Waals surface area contributed by atoms with Crippen molar-refractivity contribution in [1.82, 2.24) is 4.90 Å². The van der Waals surface area contributed by atoms with Crippen molar-refractivity contribution in [2.24, 2.45) is 0 Å². The summed E-state index contributed by atoms with van der Waals surface area (Å²) < 4.78 is 10.5. The molecule has 0 aliphatic carbocycles. The monoisotopic (exact) mass is 355 g/mol. The molecule has 0 aromatic heterocycles. The van der Waals surface area contributed by atoms with Crippen LogP contribution in [0, 0.1) is 0 Å². The molecule has 0 bridgehead atoms. The van der Waals surface area contributed by atoms with Gasteiger partial charge in [-0.3, -0.25) is 4.79 Å². The summed E-state index contributed by atoms with van der Waals surface area (Å²) in [4.78, 5) is 17.4. The minimum Gasteiger partial charge on any atom is -0.497 e. The van der Waals surface area contributed by atoms with Gasteiger partial charge in [0.05, 0.1) is 25.6 Å². The van der Waals surface area contributed by atoms with Gasteiger partial charge in [0.15, 0.2) is 0 Å². The standard InChI is InChI=1S/C20H25N3O3/c1-22-8-10-23(11-9-22)19-7-5-4-6-18(19)21-20(24)15-12-16(25-2)14-17(13-15)26-3/h4-7,12-14H,8-11H2,1-3H3,(H,21,24). The summed E-state index contributed by atoms with van der Waals surface area (Å²) in [5.41, 5.74) is 2.35. The zero-order valence-corrected chi connectivity index (χ0v) is 15.5. The van der Waals surface area contributed by atoms with Crippen molar-refractivity contribution in [3.8, 4) is 11.5 Å². The van der Waals surface area contributed by atoms with E-state index >= 15 is 0 Å². The third-order valence-corrected chi connectivity index (χ3v) is 4.61. The van der Waals surface area contributed by atoms with Gasteiger partial charge in [-0.1, -0.05) is 12.1 Å². The first kappa shape index (κ1) is 18.1. The lowest BCUT2D eigenvalue weighted by Crippen LogP contribution is -2.44. The predicted molar refractivity (Wildman–Crippen MR) is 104 cm³/mol. The zero-order valence-electron chi connectivity index (χ0n) is 15.5. The number of anilines is 2. The molecule has 0 radical (unpaired) electrons. The van der Waals surface area contributed by atoms with Crippen molar-refractivity contribution < 1.29 is 14.3 Å². The largest absolute Gasteiger partial charge is 0.497 e. The van der Waals surface area contributed by atoms with Gasteiger partial charge < -0.3 is 24.6 Å². The Kier molecular flexibility index (Phi) is 5.63. The van der Waals surface area contributed by atoms with E-state index in [0.717, 1.165) is 37.6 Å². The number of benzene rings is 2. The lowest BCUT2D eigenvalue weighted by Gasteiger charge is -2.35. The molecular weight excluding hydrogens is 330 g/mol. The van der Waals surface area contributed by atoms with Crippen LogP contribution in [0.3, 0.4) is 0 Å². The first-order valence-corrected chi connectivity index (χ1v) is 8.67. The van der Waals surface area contributed by atoms with Crippen LogP contribution in [0.25, 0.3) is 0 Å². The van der Waals surface area contributed by atoms with Crippen LogP contribution >= 0.6 is 0 Å². The summed E-state index contributed by atoms with van der Waals surface area (Å²) >= 11 is 0. The first-order chi connectivity index (χ1) is 12.6. The quantitative estimate of drug-likeness (QED) is 0.894. The first-order valence-electron chi connectivity index (χ1n) is 8.67. The fourth-order valence-corrected chi connectivity index (χ4v) is 3.04. The number of para-hydroxylation sites is 2. The second kappa shape index (κ2) is 8.10. The molecule has 2 aromatic carbocycles. The van der Waals surface area contributed by atoms with Crippen molar-refractivity contribution in [2.45, 2.75) is 0 Å². The summed E-state index contributed by atoms with van der Waals surface area (Å²) in [6.45, 7) is 3.90. The molecule has 0 spiro atoms. The molecule has 6 nitrogen and oxygen atoms in total. The number of piperazine rings is 1. The summed E-state index contributed by atoms with van der Waals surface area (Å²) in [7, 11) is 5.26. The van der Waals surface area contributed by atoms with Crippen LogP contribution in [0.1, 0.15) is 10.4 Å². The van der Waals surface area contributed by atoms with Gasteiger partial charge in [-0.15, -0.1) is 0 Å². The number of amides is 1. The Hall–Kier alpha value is -2.73. The fourth-order valence-electron chi connectivity index (χ4n) is 3.04. The summed E-state index contributed by atoms with van der Waals surface area (Å²) in [5, 5.41) is 3.03. The van der Waals surface area contributed by atoms with Crippen LogP contribution in [-0.2, 0) is 0 Å². The fraction of sp³-hybridized carbons (Fsp3) is 0.350. The topological polar surface area (TPSA) is 54.0 Å². The van der Waals surface area contributed by atoms with Gasteiger partial charge in [-0.2, -0.15) is 0 Å². The molecule has 0 unspecified atom stereocenters. The number of hydrogen-bond donors (Lipinski definition) is 1. The SMILES string of the molecule is COc1cc(OC)cc(C(=O)Nc2ccccc2N2CCN(C)CC2)c1. The highest BCUT2D eigenvalue weighted by molar-refractivity contribution is 6.06. The van der Waals surface area contributed by atoms with Gasteiger partial charge in [0.1, 0.15) is 11.5 Å². The molecular formula is C20H25N3O3. The third kappa shape index (κ3) is 4.08. The van der Waals surface area contributed by atoms with E-state index in [2.05, 4.69) is 22.2 Å². The average Bonchev–Trinajstić information content (AvgIpc) is 2.68. The lowest BCUT2D eigenvalue weighted by atomic mass is 10.1. The van der Waals surface area contributed by atoms with Gasteiger partial charge in [0.25, 0.3) is 5.91 Å². The highest BCUT2D eigenvalue weighted by atomic mass is 16.5. The predicted octanol–water partition coefficient (Wildman–Crippen LogP) is 2.71. The van der Waals surface area contributed by atoms with Crippen molar-refractivity contribution in [1.29, 1.82) is 0 Å². The number of nitrogens with zero attached hydrogens (tertiary/aromatic N) is 2. The number of likely N-dealkylation sites (N-methyl/N-ethyl adjacent to an activating group) is 1. The highest BCUT2D eigenvalue weighted by Crippen LogP contribution is 2.28. The van der Waals surface area contributed by atoms with E-state index < -0.39 is 0 Å². The Morgan fingerprint density at radius 1 is 0.962 bits per heavy atom. The van der Waals surface area contributed by atoms with Crippen LogP contribution in [0.2, 0.25) is 0 Å². The molecule has 1 amide bonds. The molecule has 1 N–H and O–H groups in total. The number of hydrogen-bond acceptors (Lipinski definition) is 5. The van der Waals surface area contributed by atoms with Gasteiger partial charge in [0, 0.05) is 37.8 Å². The Balaban J connectivity index is 1.82. The van der Waals surface area contributed by atoms with Crippen molar-refractivity contribution >= 4 is 17.3 Å². The Labute approximate surface area is 154 Å². The number of carbonyl (C=O) groups excluding carboxylic acids is 1. The third-order valence-electron chi connectivity index (χ3n) is 4.61. The normalized spacial score (nSPS) is 14.8. The molecule has 1 saturated heterocycles. The Morgan fingerprint density at radius 3 is 2.19 bits per heavy atom. The molecule has 2 aromatic rings. The van der Waals surface area contributed by atoms with E-state index in [9.17, 15) is 4.79 Å². The smallest absolute Gasteiger partial charge is 0.255 e. The number of ether oxygens (including phenoxy) is 2. The zero-order chi connectivity index (χ0) is 18.5. The van der Waals surface area contributed by atoms with Crippen LogP contribution in [-0.4, -0.2) is 58.3 Å². The molecule has 138 valence electrons. The number of nitrogens with one attached hydrogen (secondary N) is 1. The number of methoxy groups -OCH3 is 2. The summed E-state index contributed by atoms with van der Waals surface area (Å²) in [5.74, 6) is 0.979. The molecule has 1 aliphatic heterocycles. The van der Waals surface area contributed by atoms with Crippen LogP contribution in [0.4, 0.5) is 11.4 Å². The van der Waals surface area contributed by atoms with Crippen molar-refractivity contribution in [3.05, 3.63) is 48.0 Å². The summed E-state index contributed by atoms with van der Waals surface area (Å²) in [6, 6.07) is 13.1.